The summed E-state index contributed by atoms with van der Waals surface area (Å²) in [5.41, 5.74) is -1.18. The molecule has 0 spiro atoms. The van der Waals surface area contributed by atoms with Crippen LogP contribution in [0, 0.1) is 0 Å². The van der Waals surface area contributed by atoms with Gasteiger partial charge in [0, 0.05) is 0 Å². The summed E-state index contributed by atoms with van der Waals surface area (Å²) in [4.78, 5) is 15.2. The first-order valence-electron chi connectivity index (χ1n) is 5.22. The normalized spacial score (nSPS) is 11.6. The highest BCUT2D eigenvalue weighted by Gasteiger charge is 2.40. The molecule has 8 heteroatoms. The van der Waals surface area contributed by atoms with Crippen LogP contribution < -0.4 is 0 Å². The summed E-state index contributed by atoms with van der Waals surface area (Å²) in [6, 6.07) is 3.36. The van der Waals surface area contributed by atoms with Gasteiger partial charge in [-0.2, -0.15) is 13.2 Å². The highest BCUT2D eigenvalue weighted by molar-refractivity contribution is 7.22. The molecule has 0 aliphatic carbocycles. The number of rotatable bonds is 3. The van der Waals surface area contributed by atoms with Crippen LogP contribution >= 0.6 is 22.7 Å². The Bertz CT molecular complexity index is 575. The lowest BCUT2D eigenvalue weighted by molar-refractivity contribution is -0.141. The van der Waals surface area contributed by atoms with E-state index in [2.05, 4.69) is 9.72 Å². The molecule has 2 heterocycles. The van der Waals surface area contributed by atoms with Gasteiger partial charge in [-0.3, -0.25) is 0 Å². The van der Waals surface area contributed by atoms with E-state index in [-0.39, 0.29) is 11.6 Å². The van der Waals surface area contributed by atoms with Crippen molar-refractivity contribution < 1.29 is 22.7 Å². The second kappa shape index (κ2) is 5.30. The van der Waals surface area contributed by atoms with Crippen molar-refractivity contribution in [2.75, 3.05) is 6.61 Å². The van der Waals surface area contributed by atoms with Crippen molar-refractivity contribution in [1.82, 2.24) is 4.98 Å². The van der Waals surface area contributed by atoms with Crippen LogP contribution in [-0.4, -0.2) is 17.6 Å². The number of halogens is 3. The maximum absolute atomic E-state index is 12.8. The molecular weight excluding hydrogens is 299 g/mol. The molecule has 2 rings (SSSR count). The zero-order valence-corrected chi connectivity index (χ0v) is 11.3. The van der Waals surface area contributed by atoms with Crippen molar-refractivity contribution in [1.29, 1.82) is 0 Å². The van der Waals surface area contributed by atoms with E-state index in [4.69, 9.17) is 0 Å². The molecule has 102 valence electrons. The number of alkyl halides is 3. The van der Waals surface area contributed by atoms with Crippen LogP contribution in [0.2, 0.25) is 0 Å². The molecule has 0 bridgehead atoms. The summed E-state index contributed by atoms with van der Waals surface area (Å²) in [5.74, 6) is -0.991. The third-order valence-electron chi connectivity index (χ3n) is 2.09. The summed E-state index contributed by atoms with van der Waals surface area (Å²) in [6.45, 7) is 1.55. The Hall–Kier alpha value is -1.41. The molecule has 0 fully saturated rings. The van der Waals surface area contributed by atoms with E-state index in [0.29, 0.717) is 16.2 Å². The van der Waals surface area contributed by atoms with E-state index in [1.165, 1.54) is 18.3 Å². The maximum Gasteiger partial charge on any atom is 0.435 e. The van der Waals surface area contributed by atoms with Gasteiger partial charge in [0.05, 0.1) is 11.5 Å². The summed E-state index contributed by atoms with van der Waals surface area (Å²) in [6.07, 6.45) is -4.67. The third kappa shape index (κ3) is 2.95. The molecule has 0 aromatic carbocycles. The molecule has 0 saturated carbocycles. The molecule has 2 aromatic rings. The van der Waals surface area contributed by atoms with Crippen LogP contribution in [0.3, 0.4) is 0 Å². The van der Waals surface area contributed by atoms with E-state index in [1.54, 1.807) is 17.5 Å². The first-order chi connectivity index (χ1) is 8.93. The van der Waals surface area contributed by atoms with E-state index in [9.17, 15) is 18.0 Å². The predicted molar refractivity (Wildman–Crippen MR) is 66.4 cm³/mol. The second-order valence-corrected chi connectivity index (χ2v) is 5.34. The number of nitrogens with zero attached hydrogens (tertiary/aromatic N) is 1. The lowest BCUT2D eigenvalue weighted by Gasteiger charge is -2.05. The molecule has 0 aliphatic heterocycles. The number of hydrogen-bond acceptors (Lipinski definition) is 5. The van der Waals surface area contributed by atoms with Gasteiger partial charge in [-0.05, 0) is 18.4 Å². The Morgan fingerprint density at radius 2 is 2.21 bits per heavy atom. The zero-order valence-electron chi connectivity index (χ0n) is 9.65. The fraction of sp³-hybridized carbons (Fsp3) is 0.273. The van der Waals surface area contributed by atoms with Gasteiger partial charge in [0.2, 0.25) is 0 Å². The van der Waals surface area contributed by atoms with Gasteiger partial charge >= 0.3 is 12.1 Å². The smallest absolute Gasteiger partial charge is 0.435 e. The number of thiophene rings is 1. The molecule has 19 heavy (non-hydrogen) atoms. The zero-order chi connectivity index (χ0) is 14.0. The predicted octanol–water partition coefficient (Wildman–Crippen LogP) is 4.07. The topological polar surface area (TPSA) is 39.2 Å². The van der Waals surface area contributed by atoms with Crippen molar-refractivity contribution in [3.63, 3.8) is 0 Å². The summed E-state index contributed by atoms with van der Waals surface area (Å²) in [7, 11) is 0. The van der Waals surface area contributed by atoms with E-state index < -0.39 is 22.7 Å². The van der Waals surface area contributed by atoms with Gasteiger partial charge in [0.25, 0.3) is 0 Å². The summed E-state index contributed by atoms with van der Waals surface area (Å²) in [5, 5.41) is 1.90. The highest BCUT2D eigenvalue weighted by Crippen LogP contribution is 2.39. The number of thiazole rings is 1. The van der Waals surface area contributed by atoms with Crippen LogP contribution in [0.25, 0.3) is 9.88 Å². The van der Waals surface area contributed by atoms with Crippen LogP contribution in [0.4, 0.5) is 13.2 Å². The minimum Gasteiger partial charge on any atom is -0.462 e. The van der Waals surface area contributed by atoms with Gasteiger partial charge < -0.3 is 4.74 Å². The fourth-order valence-corrected chi connectivity index (χ4v) is 3.13. The Morgan fingerprint density at radius 3 is 2.74 bits per heavy atom. The number of esters is 1. The van der Waals surface area contributed by atoms with E-state index in [0.717, 1.165) is 0 Å². The first-order valence-corrected chi connectivity index (χ1v) is 6.92. The number of ether oxygens (including phenoxy) is 1. The van der Waals surface area contributed by atoms with Gasteiger partial charge in [-0.1, -0.05) is 6.07 Å². The minimum absolute atomic E-state index is 0.0162. The molecule has 0 saturated heterocycles. The Morgan fingerprint density at radius 1 is 1.47 bits per heavy atom. The lowest BCUT2D eigenvalue weighted by atomic mass is 10.3. The lowest BCUT2D eigenvalue weighted by Crippen LogP contribution is -2.13. The molecule has 0 radical (unpaired) electrons. The Balaban J connectivity index is 2.49. The second-order valence-electron chi connectivity index (χ2n) is 3.39. The van der Waals surface area contributed by atoms with Crippen molar-refractivity contribution in [3.8, 4) is 9.88 Å². The minimum atomic E-state index is -4.67. The van der Waals surface area contributed by atoms with Gasteiger partial charge in [0.15, 0.2) is 5.69 Å². The van der Waals surface area contributed by atoms with Crippen LogP contribution in [-0.2, 0) is 10.9 Å². The van der Waals surface area contributed by atoms with Crippen molar-refractivity contribution in [2.24, 2.45) is 0 Å². The van der Waals surface area contributed by atoms with Crippen LogP contribution in [0.5, 0.6) is 0 Å². The highest BCUT2D eigenvalue weighted by atomic mass is 32.1. The standard InChI is InChI=1S/C11H8F3NO2S2/c1-2-17-10(16)7-8(11(12,13)14)15-9(19-7)6-4-3-5-18-6/h3-5H,2H2,1H3. The quantitative estimate of drug-likeness (QED) is 0.803. The summed E-state index contributed by atoms with van der Waals surface area (Å²) >= 11 is 1.96. The number of carbonyl (C=O) groups is 1. The third-order valence-corrected chi connectivity index (χ3v) is 4.16. The first kappa shape index (κ1) is 14.0. The number of hydrogen-bond donors (Lipinski definition) is 0. The number of carbonyl (C=O) groups excluding carboxylic acids is 1. The average molecular weight is 307 g/mol. The molecule has 2 aromatic heterocycles. The van der Waals surface area contributed by atoms with Crippen LogP contribution in [0.1, 0.15) is 22.3 Å². The summed E-state index contributed by atoms with van der Waals surface area (Å²) < 4.78 is 43.2. The molecule has 0 N–H and O–H groups in total. The SMILES string of the molecule is CCOC(=O)c1sc(-c2cccs2)nc1C(F)(F)F. The van der Waals surface area contributed by atoms with E-state index in [1.807, 2.05) is 0 Å². The molecule has 0 aliphatic rings. The average Bonchev–Trinajstić information content (AvgIpc) is 2.97. The Labute approximate surface area is 114 Å². The maximum atomic E-state index is 12.8. The van der Waals surface area contributed by atoms with Crippen molar-refractivity contribution in [2.45, 2.75) is 13.1 Å². The molecule has 0 atom stereocenters. The van der Waals surface area contributed by atoms with Gasteiger partial charge in [-0.25, -0.2) is 9.78 Å². The largest absolute Gasteiger partial charge is 0.462 e. The Kier molecular flexibility index (Phi) is 3.91. The fourth-order valence-electron chi connectivity index (χ4n) is 1.35. The van der Waals surface area contributed by atoms with E-state index >= 15 is 0 Å². The van der Waals surface area contributed by atoms with Gasteiger partial charge in [0.1, 0.15) is 9.88 Å². The number of aromatic nitrogens is 1. The van der Waals surface area contributed by atoms with Gasteiger partial charge in [-0.15, -0.1) is 22.7 Å². The molecule has 0 unspecified atom stereocenters. The molecule has 3 nitrogen and oxygen atoms in total. The molecule has 0 amide bonds. The van der Waals surface area contributed by atoms with Crippen molar-refractivity contribution >= 4 is 28.6 Å². The molecular formula is C11H8F3NO2S2. The van der Waals surface area contributed by atoms with Crippen molar-refractivity contribution in [3.05, 3.63) is 28.1 Å². The van der Waals surface area contributed by atoms with Crippen LogP contribution in [0.15, 0.2) is 17.5 Å². The monoisotopic (exact) mass is 307 g/mol.